The number of nitrogens with one attached hydrogen (secondary N) is 2. The van der Waals surface area contributed by atoms with Crippen LogP contribution in [0.4, 0.5) is 5.69 Å². The van der Waals surface area contributed by atoms with Crippen LogP contribution in [0.3, 0.4) is 0 Å². The van der Waals surface area contributed by atoms with E-state index in [4.69, 9.17) is 27.9 Å². The number of ether oxygens (including phenoxy) is 1. The molecule has 0 aromatic heterocycles. The van der Waals surface area contributed by atoms with E-state index in [-0.39, 0.29) is 18.4 Å². The van der Waals surface area contributed by atoms with E-state index in [2.05, 4.69) is 10.6 Å². The molecule has 0 aliphatic heterocycles. The Morgan fingerprint density at radius 1 is 1.13 bits per heavy atom. The highest BCUT2D eigenvalue weighted by Crippen LogP contribution is 2.27. The molecule has 0 aliphatic rings. The number of carbonyl (C=O) groups is 2. The van der Waals surface area contributed by atoms with Crippen LogP contribution in [0, 0.1) is 0 Å². The summed E-state index contributed by atoms with van der Waals surface area (Å²) in [5.41, 5.74) is 0.945. The van der Waals surface area contributed by atoms with Gasteiger partial charge in [0.1, 0.15) is 5.75 Å². The summed E-state index contributed by atoms with van der Waals surface area (Å²) in [5.74, 6) is -0.286. The molecule has 120 valence electrons. The molecule has 23 heavy (non-hydrogen) atoms. The van der Waals surface area contributed by atoms with Gasteiger partial charge >= 0.3 is 0 Å². The first-order valence-electron chi connectivity index (χ1n) is 6.69. The third kappa shape index (κ3) is 4.87. The summed E-state index contributed by atoms with van der Waals surface area (Å²) in [6.45, 7) is -0.232. The van der Waals surface area contributed by atoms with Gasteiger partial charge < -0.3 is 15.4 Å². The highest BCUT2D eigenvalue weighted by molar-refractivity contribution is 6.34. The summed E-state index contributed by atoms with van der Waals surface area (Å²) in [6.07, 6.45) is 0. The fraction of sp³-hybridized carbons (Fsp3) is 0.125. The van der Waals surface area contributed by atoms with Crippen molar-refractivity contribution in [2.45, 2.75) is 0 Å². The second-order valence-corrected chi connectivity index (χ2v) is 5.42. The SMILES string of the molecule is CNC(=O)c1cccc(NC(=O)COc2cc(Cl)ccc2Cl)c1. The predicted molar refractivity (Wildman–Crippen MR) is 90.4 cm³/mol. The highest BCUT2D eigenvalue weighted by Gasteiger charge is 2.09. The van der Waals surface area contributed by atoms with Crippen molar-refractivity contribution in [3.8, 4) is 5.75 Å². The maximum absolute atomic E-state index is 11.9. The van der Waals surface area contributed by atoms with Crippen molar-refractivity contribution in [1.29, 1.82) is 0 Å². The highest BCUT2D eigenvalue weighted by atomic mass is 35.5. The van der Waals surface area contributed by atoms with Crippen molar-refractivity contribution in [1.82, 2.24) is 5.32 Å². The number of anilines is 1. The first kappa shape index (κ1) is 17.1. The van der Waals surface area contributed by atoms with Crippen LogP contribution in [-0.2, 0) is 4.79 Å². The molecule has 0 heterocycles. The molecule has 0 aliphatic carbocycles. The molecule has 0 fully saturated rings. The van der Waals surface area contributed by atoms with Gasteiger partial charge in [0.2, 0.25) is 0 Å². The van der Waals surface area contributed by atoms with Crippen molar-refractivity contribution in [2.24, 2.45) is 0 Å². The molecule has 2 aromatic carbocycles. The van der Waals surface area contributed by atoms with E-state index in [1.54, 1.807) is 36.4 Å². The molecule has 5 nitrogen and oxygen atoms in total. The molecular weight excluding hydrogens is 339 g/mol. The summed E-state index contributed by atoms with van der Waals surface area (Å²) in [7, 11) is 1.54. The lowest BCUT2D eigenvalue weighted by molar-refractivity contribution is -0.118. The zero-order chi connectivity index (χ0) is 16.8. The van der Waals surface area contributed by atoms with E-state index in [1.165, 1.54) is 13.1 Å². The Morgan fingerprint density at radius 3 is 2.65 bits per heavy atom. The van der Waals surface area contributed by atoms with Gasteiger partial charge in [0.25, 0.3) is 11.8 Å². The van der Waals surface area contributed by atoms with Crippen molar-refractivity contribution >= 4 is 40.7 Å². The van der Waals surface area contributed by atoms with E-state index in [1.807, 2.05) is 0 Å². The van der Waals surface area contributed by atoms with Gasteiger partial charge in [-0.05, 0) is 30.3 Å². The van der Waals surface area contributed by atoms with E-state index in [9.17, 15) is 9.59 Å². The van der Waals surface area contributed by atoms with E-state index >= 15 is 0 Å². The van der Waals surface area contributed by atoms with Gasteiger partial charge in [0.05, 0.1) is 5.02 Å². The minimum absolute atomic E-state index is 0.232. The van der Waals surface area contributed by atoms with Crippen LogP contribution in [0.25, 0.3) is 0 Å². The largest absolute Gasteiger partial charge is 0.482 e. The predicted octanol–water partition coefficient (Wildman–Crippen LogP) is 3.37. The number of carbonyl (C=O) groups excluding carboxylic acids is 2. The molecule has 7 heteroatoms. The zero-order valence-electron chi connectivity index (χ0n) is 12.2. The van der Waals surface area contributed by atoms with Crippen molar-refractivity contribution < 1.29 is 14.3 Å². The summed E-state index contributed by atoms with van der Waals surface area (Å²) >= 11 is 11.8. The molecule has 0 bridgehead atoms. The molecule has 0 atom stereocenters. The Labute approximate surface area is 143 Å². The Morgan fingerprint density at radius 2 is 1.91 bits per heavy atom. The number of amides is 2. The monoisotopic (exact) mass is 352 g/mol. The van der Waals surface area contributed by atoms with Gasteiger partial charge in [-0.1, -0.05) is 29.3 Å². The molecule has 0 saturated carbocycles. The number of benzene rings is 2. The van der Waals surface area contributed by atoms with Crippen molar-refractivity contribution in [3.05, 3.63) is 58.1 Å². The molecule has 2 rings (SSSR count). The molecule has 2 aromatic rings. The first-order chi connectivity index (χ1) is 11.0. The lowest BCUT2D eigenvalue weighted by atomic mass is 10.2. The average Bonchev–Trinajstić information content (AvgIpc) is 2.55. The van der Waals surface area contributed by atoms with Gasteiger partial charge in [-0.3, -0.25) is 9.59 Å². The quantitative estimate of drug-likeness (QED) is 0.866. The molecule has 0 radical (unpaired) electrons. The number of halogens is 2. The fourth-order valence-corrected chi connectivity index (χ4v) is 2.14. The van der Waals surface area contributed by atoms with E-state index in [0.717, 1.165) is 0 Å². The summed E-state index contributed by atoms with van der Waals surface area (Å²) in [6, 6.07) is 11.3. The van der Waals surface area contributed by atoms with Gasteiger partial charge in [-0.25, -0.2) is 0 Å². The van der Waals surface area contributed by atoms with Crippen LogP contribution in [0.15, 0.2) is 42.5 Å². The first-order valence-corrected chi connectivity index (χ1v) is 7.45. The van der Waals surface area contributed by atoms with Gasteiger partial charge in [0.15, 0.2) is 6.61 Å². The third-order valence-corrected chi connectivity index (χ3v) is 3.43. The number of rotatable bonds is 5. The van der Waals surface area contributed by atoms with E-state index < -0.39 is 0 Å². The smallest absolute Gasteiger partial charge is 0.262 e. The maximum atomic E-state index is 11.9. The normalized spacial score (nSPS) is 10.0. The number of hydrogen-bond donors (Lipinski definition) is 2. The maximum Gasteiger partial charge on any atom is 0.262 e. The second-order valence-electron chi connectivity index (χ2n) is 4.57. The molecule has 2 N–H and O–H groups in total. The topological polar surface area (TPSA) is 67.4 Å². The zero-order valence-corrected chi connectivity index (χ0v) is 13.7. The van der Waals surface area contributed by atoms with Crippen LogP contribution >= 0.6 is 23.2 Å². The van der Waals surface area contributed by atoms with Gasteiger partial charge in [-0.2, -0.15) is 0 Å². The van der Waals surface area contributed by atoms with Crippen molar-refractivity contribution in [2.75, 3.05) is 19.0 Å². The van der Waals surface area contributed by atoms with Crippen LogP contribution in [-0.4, -0.2) is 25.5 Å². The Hall–Kier alpha value is -2.24. The molecule has 0 spiro atoms. The van der Waals surface area contributed by atoms with Crippen LogP contribution < -0.4 is 15.4 Å². The second kappa shape index (κ2) is 7.85. The summed E-state index contributed by atoms with van der Waals surface area (Å²) in [4.78, 5) is 23.5. The fourth-order valence-electron chi connectivity index (χ4n) is 1.81. The molecular formula is C16H14Cl2N2O3. The van der Waals surface area contributed by atoms with Crippen molar-refractivity contribution in [3.63, 3.8) is 0 Å². The standard InChI is InChI=1S/C16H14Cl2N2O3/c1-19-16(22)10-3-2-4-12(7-10)20-15(21)9-23-14-8-11(17)5-6-13(14)18/h2-8H,9H2,1H3,(H,19,22)(H,20,21). The Kier molecular flexibility index (Phi) is 5.84. The molecule has 2 amide bonds. The van der Waals surface area contributed by atoms with Crippen LogP contribution in [0.5, 0.6) is 5.75 Å². The Bertz CT molecular complexity index is 735. The molecule has 0 unspecified atom stereocenters. The van der Waals surface area contributed by atoms with Gasteiger partial charge in [-0.15, -0.1) is 0 Å². The molecule has 0 saturated heterocycles. The lowest BCUT2D eigenvalue weighted by Crippen LogP contribution is -2.21. The lowest BCUT2D eigenvalue weighted by Gasteiger charge is -2.10. The van der Waals surface area contributed by atoms with E-state index in [0.29, 0.717) is 27.0 Å². The summed E-state index contributed by atoms with van der Waals surface area (Å²) in [5, 5.41) is 5.99. The Balaban J connectivity index is 1.97. The third-order valence-electron chi connectivity index (χ3n) is 2.89. The average molecular weight is 353 g/mol. The van der Waals surface area contributed by atoms with Gasteiger partial charge in [0, 0.05) is 29.4 Å². The minimum atomic E-state index is -0.380. The van der Waals surface area contributed by atoms with Crippen LogP contribution in [0.1, 0.15) is 10.4 Å². The summed E-state index contributed by atoms with van der Waals surface area (Å²) < 4.78 is 5.34. The van der Waals surface area contributed by atoms with Crippen LogP contribution in [0.2, 0.25) is 10.0 Å². The number of hydrogen-bond acceptors (Lipinski definition) is 3. The minimum Gasteiger partial charge on any atom is -0.482 e.